The summed E-state index contributed by atoms with van der Waals surface area (Å²) in [6.07, 6.45) is 2.30. The quantitative estimate of drug-likeness (QED) is 0.485. The average molecular weight is 146 g/mol. The Balaban J connectivity index is 0. The first-order valence-corrected chi connectivity index (χ1v) is 4.30. The molecule has 0 aromatic heterocycles. The topological polar surface area (TPSA) is 29.3 Å². The molecule has 0 aromatic carbocycles. The fourth-order valence-corrected chi connectivity index (χ4v) is 0.686. The fourth-order valence-electron chi connectivity index (χ4n) is 0.686. The second kappa shape index (κ2) is 11.7. The molecule has 2 nitrogen and oxygen atoms in total. The standard InChI is InChI=1S/C6H16N2.C2H6/c1-3-5-8(7)6-4-2;1-2/h3-7H2,1-2H3;1-2H3. The lowest BCUT2D eigenvalue weighted by atomic mass is 10.4. The minimum absolute atomic E-state index is 1.02. The average Bonchev–Trinajstić information content (AvgIpc) is 1.93. The second-order valence-electron chi connectivity index (χ2n) is 2.04. The highest BCUT2D eigenvalue weighted by atomic mass is 15.4. The van der Waals surface area contributed by atoms with Crippen LogP contribution < -0.4 is 5.84 Å². The Morgan fingerprint density at radius 1 is 1.00 bits per heavy atom. The summed E-state index contributed by atoms with van der Waals surface area (Å²) in [6, 6.07) is 0. The Morgan fingerprint density at radius 2 is 1.30 bits per heavy atom. The largest absolute Gasteiger partial charge is 0.269 e. The van der Waals surface area contributed by atoms with Gasteiger partial charge in [0.15, 0.2) is 0 Å². The summed E-state index contributed by atoms with van der Waals surface area (Å²) in [5.74, 6) is 5.53. The van der Waals surface area contributed by atoms with Crippen LogP contribution in [0.15, 0.2) is 0 Å². The Labute approximate surface area is 65.4 Å². The van der Waals surface area contributed by atoms with Gasteiger partial charge in [-0.1, -0.05) is 27.7 Å². The molecule has 0 aliphatic heterocycles. The van der Waals surface area contributed by atoms with E-state index >= 15 is 0 Å². The van der Waals surface area contributed by atoms with Crippen LogP contribution in [-0.4, -0.2) is 18.1 Å². The van der Waals surface area contributed by atoms with E-state index in [1.807, 2.05) is 18.9 Å². The van der Waals surface area contributed by atoms with E-state index in [9.17, 15) is 0 Å². The van der Waals surface area contributed by atoms with Crippen LogP contribution in [0.25, 0.3) is 0 Å². The van der Waals surface area contributed by atoms with E-state index in [1.54, 1.807) is 0 Å². The number of rotatable bonds is 4. The van der Waals surface area contributed by atoms with Crippen LogP contribution in [0.5, 0.6) is 0 Å². The predicted molar refractivity (Wildman–Crippen MR) is 47.7 cm³/mol. The lowest BCUT2D eigenvalue weighted by Crippen LogP contribution is -2.32. The molecule has 0 aliphatic carbocycles. The Kier molecular flexibility index (Phi) is 14.7. The van der Waals surface area contributed by atoms with Gasteiger partial charge in [-0.3, -0.25) is 5.84 Å². The van der Waals surface area contributed by atoms with Gasteiger partial charge in [-0.05, 0) is 12.8 Å². The van der Waals surface area contributed by atoms with E-state index in [0.29, 0.717) is 0 Å². The molecule has 0 amide bonds. The van der Waals surface area contributed by atoms with E-state index in [2.05, 4.69) is 13.8 Å². The van der Waals surface area contributed by atoms with Crippen molar-refractivity contribution in [1.82, 2.24) is 5.01 Å². The van der Waals surface area contributed by atoms with Crippen LogP contribution in [0.3, 0.4) is 0 Å². The molecule has 0 saturated carbocycles. The van der Waals surface area contributed by atoms with Gasteiger partial charge >= 0.3 is 0 Å². The summed E-state index contributed by atoms with van der Waals surface area (Å²) in [5, 5.41) is 1.86. The second-order valence-corrected chi connectivity index (χ2v) is 2.04. The Hall–Kier alpha value is -0.0800. The first-order chi connectivity index (χ1) is 4.81. The minimum atomic E-state index is 1.02. The van der Waals surface area contributed by atoms with Crippen molar-refractivity contribution in [2.75, 3.05) is 13.1 Å². The maximum Gasteiger partial charge on any atom is 0.0125 e. The summed E-state index contributed by atoms with van der Waals surface area (Å²) in [5.41, 5.74) is 0. The van der Waals surface area contributed by atoms with E-state index in [1.165, 1.54) is 0 Å². The highest BCUT2D eigenvalue weighted by Gasteiger charge is 1.90. The van der Waals surface area contributed by atoms with Crippen molar-refractivity contribution in [3.8, 4) is 0 Å². The van der Waals surface area contributed by atoms with Crippen molar-refractivity contribution in [3.05, 3.63) is 0 Å². The van der Waals surface area contributed by atoms with Gasteiger partial charge in [0.05, 0.1) is 0 Å². The molecule has 10 heavy (non-hydrogen) atoms. The number of hydrazine groups is 1. The van der Waals surface area contributed by atoms with Gasteiger partial charge in [0.25, 0.3) is 0 Å². The third kappa shape index (κ3) is 10.8. The highest BCUT2D eigenvalue weighted by Crippen LogP contribution is 1.83. The molecule has 0 saturated heterocycles. The van der Waals surface area contributed by atoms with Crippen molar-refractivity contribution < 1.29 is 0 Å². The lowest BCUT2D eigenvalue weighted by molar-refractivity contribution is 0.284. The number of nitrogens with zero attached hydrogens (tertiary/aromatic N) is 1. The van der Waals surface area contributed by atoms with Gasteiger partial charge < -0.3 is 0 Å². The van der Waals surface area contributed by atoms with Gasteiger partial charge in [-0.2, -0.15) is 0 Å². The Morgan fingerprint density at radius 3 is 1.50 bits per heavy atom. The van der Waals surface area contributed by atoms with Crippen molar-refractivity contribution in [2.24, 2.45) is 5.84 Å². The minimum Gasteiger partial charge on any atom is -0.269 e. The van der Waals surface area contributed by atoms with Crippen LogP contribution >= 0.6 is 0 Å². The molecule has 0 aliphatic rings. The van der Waals surface area contributed by atoms with Gasteiger partial charge in [0.1, 0.15) is 0 Å². The van der Waals surface area contributed by atoms with Crippen LogP contribution in [-0.2, 0) is 0 Å². The molecule has 0 heterocycles. The van der Waals surface area contributed by atoms with Crippen LogP contribution in [0, 0.1) is 0 Å². The maximum absolute atomic E-state index is 5.53. The molecule has 64 valence electrons. The zero-order valence-electron chi connectivity index (χ0n) is 7.85. The van der Waals surface area contributed by atoms with Gasteiger partial charge in [0.2, 0.25) is 0 Å². The van der Waals surface area contributed by atoms with Crippen LogP contribution in [0.1, 0.15) is 40.5 Å². The van der Waals surface area contributed by atoms with Crippen LogP contribution in [0.4, 0.5) is 0 Å². The Bertz CT molecular complexity index is 40.5. The van der Waals surface area contributed by atoms with Gasteiger partial charge in [-0.25, -0.2) is 5.01 Å². The van der Waals surface area contributed by atoms with E-state index in [4.69, 9.17) is 5.84 Å². The molecule has 0 aromatic rings. The number of nitrogens with two attached hydrogens (primary N) is 1. The van der Waals surface area contributed by atoms with Crippen molar-refractivity contribution in [2.45, 2.75) is 40.5 Å². The maximum atomic E-state index is 5.53. The zero-order chi connectivity index (χ0) is 8.41. The highest BCUT2D eigenvalue weighted by molar-refractivity contribution is 4.42. The molecular formula is C8H22N2. The van der Waals surface area contributed by atoms with Crippen molar-refractivity contribution in [3.63, 3.8) is 0 Å². The van der Waals surface area contributed by atoms with Gasteiger partial charge in [0, 0.05) is 13.1 Å². The monoisotopic (exact) mass is 146 g/mol. The summed E-state index contributed by atoms with van der Waals surface area (Å²) >= 11 is 0. The van der Waals surface area contributed by atoms with E-state index in [0.717, 1.165) is 25.9 Å². The summed E-state index contributed by atoms with van der Waals surface area (Å²) < 4.78 is 0. The third-order valence-corrected chi connectivity index (χ3v) is 1.02. The molecule has 0 atom stereocenters. The lowest BCUT2D eigenvalue weighted by Gasteiger charge is -2.12. The smallest absolute Gasteiger partial charge is 0.0125 e. The van der Waals surface area contributed by atoms with Gasteiger partial charge in [-0.15, -0.1) is 0 Å². The number of hydrogen-bond acceptors (Lipinski definition) is 2. The molecule has 0 bridgehead atoms. The first kappa shape index (κ1) is 12.6. The molecule has 0 radical (unpaired) electrons. The first-order valence-electron chi connectivity index (χ1n) is 4.30. The third-order valence-electron chi connectivity index (χ3n) is 1.02. The van der Waals surface area contributed by atoms with E-state index in [-0.39, 0.29) is 0 Å². The number of hydrogen-bond donors (Lipinski definition) is 1. The fraction of sp³-hybridized carbons (Fsp3) is 1.00. The molecule has 0 rings (SSSR count). The molecule has 0 spiro atoms. The van der Waals surface area contributed by atoms with Crippen molar-refractivity contribution in [1.29, 1.82) is 0 Å². The molecule has 0 fully saturated rings. The zero-order valence-corrected chi connectivity index (χ0v) is 7.85. The molecule has 2 N–H and O–H groups in total. The van der Waals surface area contributed by atoms with Crippen molar-refractivity contribution >= 4 is 0 Å². The molecule has 2 heteroatoms. The SMILES string of the molecule is CC.CCCN(N)CCC. The summed E-state index contributed by atoms with van der Waals surface area (Å²) in [7, 11) is 0. The molecule has 0 unspecified atom stereocenters. The summed E-state index contributed by atoms with van der Waals surface area (Å²) in [6.45, 7) is 10.3. The van der Waals surface area contributed by atoms with Crippen LogP contribution in [0.2, 0.25) is 0 Å². The predicted octanol–water partition coefficient (Wildman–Crippen LogP) is 2.01. The normalized spacial score (nSPS) is 9.00. The summed E-state index contributed by atoms with van der Waals surface area (Å²) in [4.78, 5) is 0. The van der Waals surface area contributed by atoms with E-state index < -0.39 is 0 Å². The molecular weight excluding hydrogens is 124 g/mol.